The monoisotopic (exact) mass is 581 g/mol. The van der Waals surface area contributed by atoms with Crippen LogP contribution >= 0.6 is 15.9 Å². The third-order valence-electron chi connectivity index (χ3n) is 7.83. The molecule has 2 aliphatic carbocycles. The highest BCUT2D eigenvalue weighted by Crippen LogP contribution is 2.59. The molecule has 5 aromatic rings. The molecule has 1 nitrogen and oxygen atoms in total. The summed E-state index contributed by atoms with van der Waals surface area (Å²) in [6.07, 6.45) is 7.75. The highest BCUT2D eigenvalue weighted by molar-refractivity contribution is 9.10. The molecule has 0 radical (unpaired) electrons. The molecule has 0 fully saturated rings. The Morgan fingerprint density at radius 2 is 1.15 bits per heavy atom. The summed E-state index contributed by atoms with van der Waals surface area (Å²) in [5.41, 5.74) is 11.1. The molecule has 0 saturated carbocycles. The summed E-state index contributed by atoms with van der Waals surface area (Å²) in [6, 6.07) is 46.1. The molecule has 0 amide bonds. The summed E-state index contributed by atoms with van der Waals surface area (Å²) in [5.74, 6) is 0. The molecular formula is C38H32BrN. The molecular weight excluding hydrogens is 550 g/mol. The summed E-state index contributed by atoms with van der Waals surface area (Å²) in [6.45, 7) is 4.00. The zero-order valence-electron chi connectivity index (χ0n) is 22.9. The lowest BCUT2D eigenvalue weighted by Gasteiger charge is -2.36. The first-order valence-electron chi connectivity index (χ1n) is 14.0. The lowest BCUT2D eigenvalue weighted by atomic mass is 9.67. The topological polar surface area (TPSA) is 3.24 Å². The van der Waals surface area contributed by atoms with Crippen LogP contribution in [-0.4, -0.2) is 0 Å². The van der Waals surface area contributed by atoms with Crippen LogP contribution in [0.1, 0.15) is 37.0 Å². The quantitative estimate of drug-likeness (QED) is 0.199. The summed E-state index contributed by atoms with van der Waals surface area (Å²) >= 11 is 3.80. The molecule has 2 aliphatic rings. The van der Waals surface area contributed by atoms with E-state index in [0.29, 0.717) is 0 Å². The smallest absolute Gasteiger partial charge is 0.0680 e. The molecule has 1 atom stereocenters. The fourth-order valence-corrected chi connectivity index (χ4v) is 6.64. The number of benzene rings is 5. The van der Waals surface area contributed by atoms with Crippen molar-refractivity contribution in [1.29, 1.82) is 0 Å². The zero-order chi connectivity index (χ0) is 27.5. The molecule has 2 heteroatoms. The van der Waals surface area contributed by atoms with E-state index in [0.717, 1.165) is 28.0 Å². The van der Waals surface area contributed by atoms with Gasteiger partial charge in [0.2, 0.25) is 0 Å². The van der Waals surface area contributed by atoms with Gasteiger partial charge in [-0.1, -0.05) is 127 Å². The fourth-order valence-electron chi connectivity index (χ4n) is 6.28. The fraction of sp³-hybridized carbons (Fsp3) is 0.105. The number of fused-ring (bicyclic) bond motifs is 3. The maximum Gasteiger partial charge on any atom is 0.0680 e. The van der Waals surface area contributed by atoms with E-state index in [1.165, 1.54) is 33.4 Å². The minimum Gasteiger partial charge on any atom is -0.310 e. The molecule has 0 saturated heterocycles. The molecule has 7 rings (SSSR count). The van der Waals surface area contributed by atoms with Crippen LogP contribution in [0.3, 0.4) is 0 Å². The largest absolute Gasteiger partial charge is 0.310 e. The minimum atomic E-state index is -0.367. The van der Waals surface area contributed by atoms with E-state index < -0.39 is 0 Å². The highest BCUT2D eigenvalue weighted by Gasteiger charge is 2.47. The molecule has 0 aromatic heterocycles. The van der Waals surface area contributed by atoms with Gasteiger partial charge in [-0.25, -0.2) is 0 Å². The van der Waals surface area contributed by atoms with Gasteiger partial charge in [0.15, 0.2) is 0 Å². The van der Waals surface area contributed by atoms with E-state index >= 15 is 0 Å². The van der Waals surface area contributed by atoms with Gasteiger partial charge < -0.3 is 4.90 Å². The van der Waals surface area contributed by atoms with Crippen LogP contribution in [0.2, 0.25) is 0 Å². The third-order valence-corrected chi connectivity index (χ3v) is 8.32. The molecule has 0 spiro atoms. The average Bonchev–Trinajstić information content (AvgIpc) is 3.65. The number of rotatable bonds is 5. The van der Waals surface area contributed by atoms with E-state index in [-0.39, 0.29) is 5.41 Å². The van der Waals surface area contributed by atoms with Crippen molar-refractivity contribution in [2.24, 2.45) is 0 Å². The predicted octanol–water partition coefficient (Wildman–Crippen LogP) is 11.1. The summed E-state index contributed by atoms with van der Waals surface area (Å²) in [4.78, 5) is 2.36. The van der Waals surface area contributed by atoms with Gasteiger partial charge >= 0.3 is 0 Å². The van der Waals surface area contributed by atoms with Gasteiger partial charge in [-0.2, -0.15) is 0 Å². The first kappa shape index (κ1) is 26.1. The van der Waals surface area contributed by atoms with E-state index in [9.17, 15) is 0 Å². The van der Waals surface area contributed by atoms with Crippen LogP contribution < -0.4 is 4.90 Å². The Morgan fingerprint density at radius 3 is 1.73 bits per heavy atom. The van der Waals surface area contributed by atoms with Gasteiger partial charge in [0.25, 0.3) is 0 Å². The van der Waals surface area contributed by atoms with Gasteiger partial charge in [-0.15, -0.1) is 0 Å². The highest BCUT2D eigenvalue weighted by atomic mass is 79.9. The van der Waals surface area contributed by atoms with Gasteiger partial charge in [0.05, 0.1) is 5.41 Å². The maximum absolute atomic E-state index is 3.80. The number of allylic oxidation sites excluding steroid dienone is 4. The molecule has 0 aliphatic heterocycles. The summed E-state index contributed by atoms with van der Waals surface area (Å²) in [7, 11) is 0. The van der Waals surface area contributed by atoms with Crippen LogP contribution in [0.15, 0.2) is 156 Å². The number of hydrogen-bond donors (Lipinski definition) is 0. The van der Waals surface area contributed by atoms with Crippen molar-refractivity contribution in [2.45, 2.75) is 25.7 Å². The second-order valence-electron chi connectivity index (χ2n) is 9.87. The van der Waals surface area contributed by atoms with Gasteiger partial charge in [-0.3, -0.25) is 0 Å². The Hall–Kier alpha value is -4.14. The van der Waals surface area contributed by atoms with E-state index in [1.807, 2.05) is 13.8 Å². The number of halogens is 1. The van der Waals surface area contributed by atoms with E-state index in [1.54, 1.807) is 0 Å². The number of anilines is 3. The van der Waals surface area contributed by atoms with Crippen LogP contribution in [0.4, 0.5) is 17.1 Å². The lowest BCUT2D eigenvalue weighted by molar-refractivity contribution is 0.731. The third kappa shape index (κ3) is 4.24. The van der Waals surface area contributed by atoms with Crippen LogP contribution in [0, 0.1) is 0 Å². The number of para-hydroxylation sites is 2. The first-order valence-corrected chi connectivity index (χ1v) is 14.8. The van der Waals surface area contributed by atoms with E-state index in [2.05, 4.69) is 166 Å². The second-order valence-corrected chi connectivity index (χ2v) is 10.8. The van der Waals surface area contributed by atoms with Crippen molar-refractivity contribution in [3.8, 4) is 11.1 Å². The van der Waals surface area contributed by atoms with Gasteiger partial charge in [-0.05, 0) is 88.3 Å². The Labute approximate surface area is 246 Å². The SMILES string of the molecule is Brc1ccc2c(c1)C(C1=CC=CC1)(c1ccccc1)c1cc(N(c3ccccc3)c3ccccc3)ccc1-2.CC. The van der Waals surface area contributed by atoms with Gasteiger partial charge in [0.1, 0.15) is 0 Å². The standard InChI is InChI=1S/C36H26BrN.C2H6/c37-28-20-22-32-33-23-21-31(38(29-16-6-2-7-17-29)30-18-8-3-9-19-30)25-35(33)36(34(32)24-28,27-14-10-11-15-27)26-12-4-1-5-13-26;1-2/h1-14,16-25H,15H2;1-2H3. The molecule has 196 valence electrons. The van der Waals surface area contributed by atoms with Crippen LogP contribution in [0.25, 0.3) is 11.1 Å². The molecule has 40 heavy (non-hydrogen) atoms. The van der Waals surface area contributed by atoms with Crippen molar-refractivity contribution in [2.75, 3.05) is 4.90 Å². The maximum atomic E-state index is 3.80. The first-order chi connectivity index (χ1) is 19.8. The Balaban J connectivity index is 0.00000142. The molecule has 5 aromatic carbocycles. The molecule has 0 bridgehead atoms. The number of nitrogens with zero attached hydrogens (tertiary/aromatic N) is 1. The predicted molar refractivity (Wildman–Crippen MR) is 174 cm³/mol. The Bertz CT molecular complexity index is 1650. The normalized spacial score (nSPS) is 16.4. The summed E-state index contributed by atoms with van der Waals surface area (Å²) in [5, 5.41) is 0. The Morgan fingerprint density at radius 1 is 0.600 bits per heavy atom. The van der Waals surface area contributed by atoms with Crippen molar-refractivity contribution in [1.82, 2.24) is 0 Å². The lowest BCUT2D eigenvalue weighted by Crippen LogP contribution is -2.29. The van der Waals surface area contributed by atoms with Crippen molar-refractivity contribution in [3.63, 3.8) is 0 Å². The molecule has 0 heterocycles. The van der Waals surface area contributed by atoms with Crippen LogP contribution in [-0.2, 0) is 5.41 Å². The number of hydrogen-bond acceptors (Lipinski definition) is 1. The van der Waals surface area contributed by atoms with Crippen molar-refractivity contribution in [3.05, 3.63) is 172 Å². The second kappa shape index (κ2) is 11.2. The van der Waals surface area contributed by atoms with Crippen LogP contribution in [0.5, 0.6) is 0 Å². The van der Waals surface area contributed by atoms with Gasteiger partial charge in [0, 0.05) is 21.5 Å². The minimum absolute atomic E-state index is 0.367. The Kier molecular flexibility index (Phi) is 7.28. The van der Waals surface area contributed by atoms with E-state index in [4.69, 9.17) is 0 Å². The molecule has 0 N–H and O–H groups in total. The molecule has 1 unspecified atom stereocenters. The van der Waals surface area contributed by atoms with Crippen molar-refractivity contribution < 1.29 is 0 Å². The summed E-state index contributed by atoms with van der Waals surface area (Å²) < 4.78 is 1.10. The zero-order valence-corrected chi connectivity index (χ0v) is 24.5. The average molecular weight is 583 g/mol. The van der Waals surface area contributed by atoms with Crippen molar-refractivity contribution >= 4 is 33.0 Å².